The number of aliphatic hydroxyl groups is 2. The number of ether oxygens (including phenoxy) is 2. The van der Waals surface area contributed by atoms with Crippen LogP contribution in [0.3, 0.4) is 0 Å². The first-order valence-corrected chi connectivity index (χ1v) is 51.1. The van der Waals surface area contributed by atoms with Gasteiger partial charge in [0.2, 0.25) is 11.6 Å². The van der Waals surface area contributed by atoms with Gasteiger partial charge in [-0.05, 0) is 112 Å². The van der Waals surface area contributed by atoms with E-state index >= 15 is 0 Å². The molecule has 59 heteroatoms. The second-order valence-corrected chi connectivity index (χ2v) is 42.1. The van der Waals surface area contributed by atoms with Crippen LogP contribution in [0.25, 0.3) is 22.1 Å². The van der Waals surface area contributed by atoms with Gasteiger partial charge in [-0.1, -0.05) is 55.8 Å². The lowest BCUT2D eigenvalue weighted by atomic mass is 9.81. The van der Waals surface area contributed by atoms with E-state index in [2.05, 4.69) is 95.3 Å². The largest absolute Gasteiger partial charge is 0.490 e. The van der Waals surface area contributed by atoms with Gasteiger partial charge >= 0.3 is 46.9 Å². The predicted molar refractivity (Wildman–Crippen MR) is 468 cm³/mol. The van der Waals surface area contributed by atoms with Crippen molar-refractivity contribution in [2.24, 2.45) is 5.73 Å². The second kappa shape index (κ2) is 41.6. The molecule has 17 N–H and O–H groups in total. The first kappa shape index (κ1) is 104. The number of nitrogens with zero attached hydrogens (tertiary/aromatic N) is 10. The Bertz CT molecular complexity index is 6820. The molecule has 4 aliphatic heterocycles. The molecule has 51 nitrogen and oxygen atoms in total. The molecule has 8 aromatic rings. The summed E-state index contributed by atoms with van der Waals surface area (Å²) in [5.41, 5.74) is 7.82. The molecule has 0 bridgehead atoms. The van der Waals surface area contributed by atoms with Crippen LogP contribution in [0, 0.1) is 43.9 Å². The molecule has 8 heterocycles. The maximum absolute atomic E-state index is 13.6. The minimum atomic E-state index is -5.80. The van der Waals surface area contributed by atoms with Gasteiger partial charge in [-0.3, -0.25) is 52.8 Å². The Morgan fingerprint density at radius 2 is 1.09 bits per heavy atom. The number of unbranched alkanes of at least 4 members (excludes halogenated alkanes) is 2. The van der Waals surface area contributed by atoms with E-state index in [4.69, 9.17) is 34.8 Å². The molecule has 2 fully saturated rings. The van der Waals surface area contributed by atoms with Crippen LogP contribution < -0.4 is 26.6 Å². The number of aliphatic hydroxyl groups excluding tert-OH is 2. The number of phosphoric ester groups is 2. The summed E-state index contributed by atoms with van der Waals surface area (Å²) in [5.74, 6) is 8.53. The van der Waals surface area contributed by atoms with E-state index in [1.807, 2.05) is 65.0 Å². The fourth-order valence-electron chi connectivity index (χ4n) is 14.7. The van der Waals surface area contributed by atoms with E-state index in [1.165, 1.54) is 82.2 Å². The molecule has 2 saturated heterocycles. The quantitative estimate of drug-likeness (QED) is 0.00262. The van der Waals surface area contributed by atoms with Crippen LogP contribution in [-0.2, 0) is 99.0 Å². The highest BCUT2D eigenvalue weighted by atomic mass is 32.2. The van der Waals surface area contributed by atoms with Crippen LogP contribution in [-0.4, -0.2) is 206 Å². The van der Waals surface area contributed by atoms with Gasteiger partial charge in [-0.25, -0.2) is 47.3 Å². The fourth-order valence-corrected chi connectivity index (χ4v) is 21.8. The molecule has 4 aromatic carbocycles. The minimum absolute atomic E-state index is 0.0206. The standard InChI is InChI=1S/C54H61N8O22P3S2.C21H23N6O15P3/c1-6-59-41-22-19-35(88(75,76)77)29-39(41)53(2,3)46(59)15-9-7-10-16-47-54(4,5)40-30-36(89(78,79)80)20-23-42(40)60(47)26-12-8-11-17-48(64)55-25-13-14-34-18-21-37(43(28-34)62(66)67)52(65)58-50-38-24-27-61(51(38)57-33-56-50)49-31-44(63)45(82-49)32-81-86(71,72)84-87(73,74)83-85(68,69)70;22-6-1-2-12-3-4-13(15(8-12)27(30)31)21(29)25-19-14-5-7-26(20(14)24-11-23-19)18-9-16(28)17(40-18)10-39-44(35,36)42-45(37,38)41-43(32,33)34/h7,9-10,15-16,18-24,27-30,33,44-45,49,63H,6,8,11-12,17,25-26,31-32H2,1-5H3,(H7-,55,56,57,58,64,65,68,69,70,71,72,73,74,75,76,77,78,79,80);3-5,7-8,11,16-18,28H,6,9-10,22H2,(H,35,36)(H,37,38)(H2,32,33,34)(H,23,24,25,29)/p+1/t44?,45-,49-;16?,17-,18-/m11/s1. The Morgan fingerprint density at radius 1 is 0.612 bits per heavy atom. The Balaban J connectivity index is 0.000000321. The Morgan fingerprint density at radius 3 is 1.55 bits per heavy atom. The number of hydrogen-bond donors (Lipinski definition) is 16. The Hall–Kier alpha value is -10.4. The number of amides is 3. The number of carbonyl (C=O) groups is 3. The molecule has 6 unspecified atom stereocenters. The van der Waals surface area contributed by atoms with E-state index in [0.717, 1.165) is 53.1 Å². The molecular weight excluding hydrogens is 1940 g/mol. The highest BCUT2D eigenvalue weighted by molar-refractivity contribution is 7.86. The first-order chi connectivity index (χ1) is 62.5. The Kier molecular flexibility index (Phi) is 32.3. The molecule has 4 aromatic heterocycles. The number of fused-ring (bicyclic) bond motifs is 4. The molecule has 3 amide bonds. The molecule has 0 aliphatic carbocycles. The van der Waals surface area contributed by atoms with Crippen LogP contribution in [0.5, 0.6) is 0 Å². The average Bonchev–Trinajstić information content (AvgIpc) is 1.59. The number of phosphoric acid groups is 6. The number of nitro groups is 2. The van der Waals surface area contributed by atoms with E-state index in [-0.39, 0.29) is 104 Å². The number of aromatic nitrogens is 6. The third-order valence-corrected chi connectivity index (χ3v) is 29.9. The monoisotopic (exact) mass is 2020 g/mol. The summed E-state index contributed by atoms with van der Waals surface area (Å²) >= 11 is 0. The number of benzene rings is 4. The van der Waals surface area contributed by atoms with Crippen LogP contribution in [0.4, 0.5) is 34.4 Å². The molecule has 4 aliphatic rings. The van der Waals surface area contributed by atoms with Crippen molar-refractivity contribution in [3.8, 4) is 23.7 Å². The van der Waals surface area contributed by atoms with Crippen molar-refractivity contribution >= 4 is 147 Å². The molecule has 0 saturated carbocycles. The number of nitrogens with one attached hydrogen (secondary N) is 3. The fraction of sp³-hybridized carbons (Fsp3) is 0.333. The summed E-state index contributed by atoms with van der Waals surface area (Å²) in [6.45, 7) is 9.04. The summed E-state index contributed by atoms with van der Waals surface area (Å²) < 4.78 is 177. The zero-order valence-electron chi connectivity index (χ0n) is 70.4. The van der Waals surface area contributed by atoms with Crippen LogP contribution in [0.1, 0.15) is 129 Å². The summed E-state index contributed by atoms with van der Waals surface area (Å²) in [6.07, 6.45) is 8.75. The van der Waals surface area contributed by atoms with Gasteiger partial charge in [-0.15, -0.1) is 0 Å². The SMILES string of the molecule is CCN1C(=CC=CC=CC2=[N+](CCCCCC(=O)NCC#Cc3ccc(C(=O)Nc4ncnc5c4ccn5[C@H]4CC(O)[C@@H](COP(=O)(O)OP(=O)(O)OP(=O)(O)O)O4)c([N+](=O)[O-])c3)c3ccc(S(=O)(=O)O)cc3C2(C)C)C(C)(C)c2cc(S(=O)(=O)O)ccc21.NCC#Cc1ccc(C(=O)Nc2ncnc3c2ccn3[C@H]2CC(O)[C@@H](COP(=O)(O)OP(=O)(O)OP(=O)(O)O)O2)c([N+](=O)[O-])c1. The van der Waals surface area contributed by atoms with Gasteiger partial charge in [0.05, 0.1) is 74.3 Å². The zero-order valence-corrected chi connectivity index (χ0v) is 77.4. The lowest BCUT2D eigenvalue weighted by Gasteiger charge is -2.25. The predicted octanol–water partition coefficient (Wildman–Crippen LogP) is 7.89. The highest BCUT2D eigenvalue weighted by Gasteiger charge is 2.48. The molecule has 10 atom stereocenters. The number of allylic oxidation sites excluding steroid dienone is 6. The number of anilines is 3. The average molecular weight is 2020 g/mol. The van der Waals surface area contributed by atoms with Gasteiger partial charge in [0.15, 0.2) is 5.71 Å². The molecule has 718 valence electrons. The van der Waals surface area contributed by atoms with Crippen LogP contribution >= 0.6 is 46.9 Å². The second-order valence-electron chi connectivity index (χ2n) is 30.4. The van der Waals surface area contributed by atoms with Crippen molar-refractivity contribution in [1.29, 1.82) is 0 Å². The lowest BCUT2D eigenvalue weighted by Crippen LogP contribution is -2.28. The summed E-state index contributed by atoms with van der Waals surface area (Å²) in [6, 6.07) is 19.4. The van der Waals surface area contributed by atoms with Crippen molar-refractivity contribution in [3.63, 3.8) is 0 Å². The molecular formula is C75H85N14O37P6S2+. The van der Waals surface area contributed by atoms with Crippen molar-refractivity contribution in [2.75, 3.05) is 54.9 Å². The van der Waals surface area contributed by atoms with Gasteiger partial charge in [0, 0.05) is 102 Å². The van der Waals surface area contributed by atoms with Gasteiger partial charge in [-0.2, -0.15) is 38.7 Å². The van der Waals surface area contributed by atoms with Crippen molar-refractivity contribution in [1.82, 2.24) is 34.4 Å². The van der Waals surface area contributed by atoms with E-state index in [0.29, 0.717) is 37.9 Å². The van der Waals surface area contributed by atoms with Gasteiger partial charge in [0.25, 0.3) is 43.4 Å². The third kappa shape index (κ3) is 26.0. The number of hydrogen-bond acceptors (Lipinski definition) is 33. The highest BCUT2D eigenvalue weighted by Crippen LogP contribution is 2.68. The maximum Gasteiger partial charge on any atom is 0.490 e. The number of rotatable bonds is 35. The van der Waals surface area contributed by atoms with Crippen molar-refractivity contribution < 1.29 is 167 Å². The molecule has 134 heavy (non-hydrogen) atoms. The summed E-state index contributed by atoms with van der Waals surface area (Å²) in [7, 11) is -42.7. The number of likely N-dealkylation sites (N-methyl/N-ethyl adjacent to an activating group) is 1. The van der Waals surface area contributed by atoms with E-state index in [9.17, 15) is 118 Å². The summed E-state index contributed by atoms with van der Waals surface area (Å²) in [5, 5.41) is 53.1. The minimum Gasteiger partial charge on any atom is -0.390 e. The van der Waals surface area contributed by atoms with Crippen molar-refractivity contribution in [3.05, 3.63) is 200 Å². The van der Waals surface area contributed by atoms with E-state index in [1.54, 1.807) is 12.1 Å². The van der Waals surface area contributed by atoms with Gasteiger partial charge in [0.1, 0.15) is 77.9 Å². The molecule has 0 radical (unpaired) electrons. The van der Waals surface area contributed by atoms with Crippen LogP contribution in [0.15, 0.2) is 156 Å². The van der Waals surface area contributed by atoms with Gasteiger partial charge < -0.3 is 94.6 Å². The van der Waals surface area contributed by atoms with Crippen molar-refractivity contribution in [2.45, 2.75) is 131 Å². The third-order valence-electron chi connectivity index (χ3n) is 20.6. The topological polar surface area (TPSA) is 755 Å². The zero-order chi connectivity index (χ0) is 98.4. The smallest absolute Gasteiger partial charge is 0.390 e. The summed E-state index contributed by atoms with van der Waals surface area (Å²) in [4.78, 5) is 153. The molecule has 0 spiro atoms. The lowest BCUT2D eigenvalue weighted by molar-refractivity contribution is -0.438. The number of carbonyl (C=O) groups excluding carboxylic acids is 3. The maximum atomic E-state index is 13.6. The number of nitro benzene ring substituents is 2. The van der Waals surface area contributed by atoms with Crippen LogP contribution in [0.2, 0.25) is 0 Å². The normalized spacial score (nSPS) is 20.3. The Labute approximate surface area is 759 Å². The van der Waals surface area contributed by atoms with E-state index < -0.39 is 161 Å². The first-order valence-electron chi connectivity index (χ1n) is 39.2. The number of nitrogens with two attached hydrogens (primary N) is 1. The molecule has 12 rings (SSSR count).